The summed E-state index contributed by atoms with van der Waals surface area (Å²) in [6.07, 6.45) is 2.16. The highest BCUT2D eigenvalue weighted by molar-refractivity contribution is 5.66. The fraction of sp³-hybridized carbons (Fsp3) is 0.344. The molecule has 5 rings (SSSR count). The molecule has 1 unspecified atom stereocenters. The van der Waals surface area contributed by atoms with E-state index in [0.717, 1.165) is 5.69 Å². The molecule has 0 radical (unpaired) electrons. The van der Waals surface area contributed by atoms with Gasteiger partial charge in [-0.1, -0.05) is 114 Å². The number of fused-ring (bicyclic) bond motifs is 2. The van der Waals surface area contributed by atoms with Crippen molar-refractivity contribution in [2.45, 2.75) is 70.9 Å². The summed E-state index contributed by atoms with van der Waals surface area (Å²) in [6, 6.07) is 28.8. The zero-order valence-corrected chi connectivity index (χ0v) is 21.8. The zero-order valence-electron chi connectivity index (χ0n) is 21.8. The maximum absolute atomic E-state index is 5.15. The van der Waals surface area contributed by atoms with Crippen LogP contribution < -0.4 is 5.32 Å². The van der Waals surface area contributed by atoms with Crippen LogP contribution in [0.25, 0.3) is 0 Å². The quantitative estimate of drug-likeness (QED) is 0.330. The molecule has 0 bridgehead atoms. The van der Waals surface area contributed by atoms with Gasteiger partial charge in [0.15, 0.2) is 0 Å². The van der Waals surface area contributed by atoms with Gasteiger partial charge in [-0.3, -0.25) is 4.68 Å². The average Bonchev–Trinajstić information content (AvgIpc) is 3.30. The smallest absolute Gasteiger partial charge is 0.101 e. The molecule has 0 spiro atoms. The minimum atomic E-state index is -0.00674. The molecule has 0 saturated carbocycles. The summed E-state index contributed by atoms with van der Waals surface area (Å²) in [5, 5.41) is 9.23. The average molecular weight is 464 g/mol. The summed E-state index contributed by atoms with van der Waals surface area (Å²) in [7, 11) is 0. The molecule has 3 atom stereocenters. The van der Waals surface area contributed by atoms with Gasteiger partial charge in [0, 0.05) is 23.2 Å². The standard InChI is InChI=1S/C32H37N3/c1-21(2)24-17-12-18-26-22(3)25-15-10-11-16-27(25)30(33-29(24)26)31(23-13-8-7-9-14-23)35-20-19-28(34-35)32(4,5)6/h7-22,30-31,33H,1-6H3/t22?,30-,31+/m0/s1. The molecule has 1 N–H and O–H groups in total. The lowest BCUT2D eigenvalue weighted by Crippen LogP contribution is -2.27. The van der Waals surface area contributed by atoms with E-state index in [4.69, 9.17) is 5.10 Å². The number of para-hydroxylation sites is 1. The highest BCUT2D eigenvalue weighted by Gasteiger charge is 2.35. The van der Waals surface area contributed by atoms with E-state index in [-0.39, 0.29) is 17.5 Å². The number of nitrogens with zero attached hydrogens (tertiary/aromatic N) is 2. The normalized spacial score (nSPS) is 18.4. The first-order valence-corrected chi connectivity index (χ1v) is 12.8. The number of aromatic nitrogens is 2. The lowest BCUT2D eigenvalue weighted by Gasteiger charge is -2.31. The van der Waals surface area contributed by atoms with Gasteiger partial charge in [0.25, 0.3) is 0 Å². The monoisotopic (exact) mass is 463 g/mol. The minimum absolute atomic E-state index is 0.00631. The van der Waals surface area contributed by atoms with Gasteiger partial charge < -0.3 is 5.32 Å². The number of hydrogen-bond donors (Lipinski definition) is 1. The third kappa shape index (κ3) is 4.29. The molecule has 180 valence electrons. The van der Waals surface area contributed by atoms with Crippen molar-refractivity contribution < 1.29 is 0 Å². The van der Waals surface area contributed by atoms with Crippen LogP contribution in [0.15, 0.2) is 85.1 Å². The maximum atomic E-state index is 5.15. The van der Waals surface area contributed by atoms with Crippen LogP contribution >= 0.6 is 0 Å². The molecule has 0 amide bonds. The Morgan fingerprint density at radius 1 is 0.800 bits per heavy atom. The summed E-state index contributed by atoms with van der Waals surface area (Å²) in [5.41, 5.74) is 9.09. The van der Waals surface area contributed by atoms with Gasteiger partial charge in [-0.05, 0) is 39.8 Å². The van der Waals surface area contributed by atoms with Crippen LogP contribution in [0.3, 0.4) is 0 Å². The van der Waals surface area contributed by atoms with Crippen molar-refractivity contribution in [3.63, 3.8) is 0 Å². The highest BCUT2D eigenvalue weighted by Crippen LogP contribution is 2.47. The Bertz CT molecular complexity index is 1310. The molecule has 0 fully saturated rings. The molecule has 3 nitrogen and oxygen atoms in total. The predicted octanol–water partition coefficient (Wildman–Crippen LogP) is 8.21. The summed E-state index contributed by atoms with van der Waals surface area (Å²) < 4.78 is 2.18. The topological polar surface area (TPSA) is 29.9 Å². The predicted molar refractivity (Wildman–Crippen MR) is 146 cm³/mol. The van der Waals surface area contributed by atoms with Crippen LogP contribution in [0.4, 0.5) is 5.69 Å². The minimum Gasteiger partial charge on any atom is -0.375 e. The molecule has 0 aliphatic carbocycles. The molecule has 4 aromatic rings. The number of rotatable bonds is 4. The molecular weight excluding hydrogens is 426 g/mol. The first-order valence-electron chi connectivity index (χ1n) is 12.8. The van der Waals surface area contributed by atoms with E-state index in [0.29, 0.717) is 11.8 Å². The Hall–Kier alpha value is -3.33. The van der Waals surface area contributed by atoms with Crippen LogP contribution in [-0.2, 0) is 5.41 Å². The Labute approximate surface area is 210 Å². The van der Waals surface area contributed by atoms with Crippen molar-refractivity contribution in [3.8, 4) is 0 Å². The second-order valence-corrected chi connectivity index (χ2v) is 11.2. The number of benzene rings is 3. The Morgan fingerprint density at radius 2 is 1.46 bits per heavy atom. The first-order chi connectivity index (χ1) is 16.8. The molecule has 1 aliphatic heterocycles. The van der Waals surface area contributed by atoms with Crippen molar-refractivity contribution in [2.24, 2.45) is 0 Å². The van der Waals surface area contributed by atoms with Crippen molar-refractivity contribution in [2.75, 3.05) is 5.32 Å². The molecule has 3 aromatic carbocycles. The fourth-order valence-corrected chi connectivity index (χ4v) is 5.48. The van der Waals surface area contributed by atoms with Gasteiger partial charge in [-0.25, -0.2) is 0 Å². The van der Waals surface area contributed by atoms with Crippen molar-refractivity contribution >= 4 is 5.69 Å². The van der Waals surface area contributed by atoms with Gasteiger partial charge >= 0.3 is 0 Å². The SMILES string of the molecule is CC(C)c1cccc2c1N[C@H]([C@@H](c1ccccc1)n1ccc(C(C)(C)C)n1)c1ccccc1C2C. The van der Waals surface area contributed by atoms with Crippen LogP contribution in [0, 0.1) is 0 Å². The summed E-state index contributed by atoms with van der Waals surface area (Å²) in [6.45, 7) is 13.6. The Balaban J connectivity index is 1.75. The maximum Gasteiger partial charge on any atom is 0.101 e. The fourth-order valence-electron chi connectivity index (χ4n) is 5.48. The molecule has 2 heterocycles. The lowest BCUT2D eigenvalue weighted by atomic mass is 9.85. The van der Waals surface area contributed by atoms with E-state index in [9.17, 15) is 0 Å². The second kappa shape index (κ2) is 9.03. The highest BCUT2D eigenvalue weighted by atomic mass is 15.3. The van der Waals surface area contributed by atoms with E-state index in [1.54, 1.807) is 0 Å². The number of hydrogen-bond acceptors (Lipinski definition) is 2. The van der Waals surface area contributed by atoms with E-state index >= 15 is 0 Å². The molecule has 0 saturated heterocycles. The number of nitrogens with one attached hydrogen (secondary N) is 1. The van der Waals surface area contributed by atoms with Gasteiger partial charge in [0.1, 0.15) is 6.04 Å². The van der Waals surface area contributed by atoms with E-state index in [1.807, 2.05) is 0 Å². The molecule has 3 heteroatoms. The van der Waals surface area contributed by atoms with Crippen LogP contribution in [-0.4, -0.2) is 9.78 Å². The van der Waals surface area contributed by atoms with Gasteiger partial charge in [0.2, 0.25) is 0 Å². The molecular formula is C32H37N3. The van der Waals surface area contributed by atoms with E-state index < -0.39 is 0 Å². The largest absolute Gasteiger partial charge is 0.375 e. The van der Waals surface area contributed by atoms with E-state index in [2.05, 4.69) is 137 Å². The first kappa shape index (κ1) is 23.4. The van der Waals surface area contributed by atoms with Crippen molar-refractivity contribution in [1.82, 2.24) is 9.78 Å². The second-order valence-electron chi connectivity index (χ2n) is 11.2. The Kier molecular flexibility index (Phi) is 6.04. The summed E-state index contributed by atoms with van der Waals surface area (Å²) in [4.78, 5) is 0. The lowest BCUT2D eigenvalue weighted by molar-refractivity contribution is 0.446. The van der Waals surface area contributed by atoms with Crippen LogP contribution in [0.2, 0.25) is 0 Å². The van der Waals surface area contributed by atoms with Gasteiger partial charge in [-0.2, -0.15) is 5.10 Å². The third-order valence-electron chi connectivity index (χ3n) is 7.43. The van der Waals surface area contributed by atoms with Crippen LogP contribution in [0.1, 0.15) is 99.0 Å². The van der Waals surface area contributed by atoms with E-state index in [1.165, 1.54) is 33.5 Å². The zero-order chi connectivity index (χ0) is 24.7. The summed E-state index contributed by atoms with van der Waals surface area (Å²) >= 11 is 0. The van der Waals surface area contributed by atoms with Crippen molar-refractivity contribution in [3.05, 3.63) is 119 Å². The van der Waals surface area contributed by atoms with Crippen LogP contribution in [0.5, 0.6) is 0 Å². The van der Waals surface area contributed by atoms with Crippen molar-refractivity contribution in [1.29, 1.82) is 0 Å². The third-order valence-corrected chi connectivity index (χ3v) is 7.43. The summed E-state index contributed by atoms with van der Waals surface area (Å²) in [5.74, 6) is 0.732. The van der Waals surface area contributed by atoms with Gasteiger partial charge in [-0.15, -0.1) is 0 Å². The molecule has 35 heavy (non-hydrogen) atoms. The van der Waals surface area contributed by atoms with Gasteiger partial charge in [0.05, 0.1) is 11.7 Å². The molecule has 1 aromatic heterocycles. The number of anilines is 1. The Morgan fingerprint density at radius 3 is 2.11 bits per heavy atom. The molecule has 1 aliphatic rings.